The zero-order chi connectivity index (χ0) is 21.5. The van der Waals surface area contributed by atoms with Crippen molar-refractivity contribution in [3.05, 3.63) is 27.9 Å². The number of hydrogen-bond acceptors (Lipinski definition) is 8. The van der Waals surface area contributed by atoms with E-state index in [0.29, 0.717) is 17.3 Å². The number of piperidine rings is 1. The molecule has 31 heavy (non-hydrogen) atoms. The maximum Gasteiger partial charge on any atom is 0.348 e. The average molecular weight is 441 g/mol. The van der Waals surface area contributed by atoms with Crippen LogP contribution in [-0.2, 0) is 17.7 Å². The highest BCUT2D eigenvalue weighted by molar-refractivity contribution is 7.20. The largest absolute Gasteiger partial charge is 0.462 e. The zero-order valence-corrected chi connectivity index (χ0v) is 19.2. The van der Waals surface area contributed by atoms with Gasteiger partial charge in [0.05, 0.1) is 18.0 Å². The van der Waals surface area contributed by atoms with Gasteiger partial charge in [-0.15, -0.1) is 21.5 Å². The first-order chi connectivity index (χ1) is 15.1. The number of carbonyl (C=O) groups is 1. The van der Waals surface area contributed by atoms with Gasteiger partial charge in [-0.3, -0.25) is 0 Å². The molecule has 2 aliphatic rings. The van der Waals surface area contributed by atoms with Crippen molar-refractivity contribution in [3.8, 4) is 0 Å². The predicted molar refractivity (Wildman–Crippen MR) is 120 cm³/mol. The molecule has 1 atom stereocenters. The van der Waals surface area contributed by atoms with Crippen molar-refractivity contribution in [3.63, 3.8) is 0 Å². The van der Waals surface area contributed by atoms with Gasteiger partial charge < -0.3 is 14.2 Å². The minimum Gasteiger partial charge on any atom is -0.462 e. The van der Waals surface area contributed by atoms with Crippen LogP contribution < -0.4 is 4.90 Å². The van der Waals surface area contributed by atoms with Crippen molar-refractivity contribution in [2.24, 2.45) is 0 Å². The fourth-order valence-corrected chi connectivity index (χ4v) is 5.97. The molecule has 0 amide bonds. The van der Waals surface area contributed by atoms with Crippen LogP contribution >= 0.6 is 11.3 Å². The molecule has 8 nitrogen and oxygen atoms in total. The third-order valence-electron chi connectivity index (χ3n) is 6.30. The number of rotatable bonds is 4. The Morgan fingerprint density at radius 2 is 1.97 bits per heavy atom. The van der Waals surface area contributed by atoms with Crippen LogP contribution in [-0.4, -0.2) is 43.9 Å². The highest BCUT2D eigenvalue weighted by Crippen LogP contribution is 2.41. The Morgan fingerprint density at radius 3 is 2.81 bits per heavy atom. The van der Waals surface area contributed by atoms with Crippen LogP contribution in [0.2, 0.25) is 0 Å². The molecular formula is C22H28N6O2S. The molecule has 0 aliphatic carbocycles. The van der Waals surface area contributed by atoms with Gasteiger partial charge >= 0.3 is 5.97 Å². The van der Waals surface area contributed by atoms with E-state index in [2.05, 4.69) is 24.6 Å². The van der Waals surface area contributed by atoms with E-state index in [-0.39, 0.29) is 12.0 Å². The Hall–Kier alpha value is -2.55. The number of esters is 1. The SMILES string of the molecule is CCOC(=O)c1sc2nc(C)nc(N3CCCCC3c3nnc4n3CCCC4)c2c1C. The zero-order valence-electron chi connectivity index (χ0n) is 18.3. The molecule has 0 N–H and O–H groups in total. The number of hydrogen-bond donors (Lipinski definition) is 0. The summed E-state index contributed by atoms with van der Waals surface area (Å²) in [5.41, 5.74) is 0.904. The molecule has 0 bridgehead atoms. The fourth-order valence-electron chi connectivity index (χ4n) is 4.85. The standard InChI is InChI=1S/C22H28N6O2S/c1-4-30-22(29)18-13(2)17-20(23-14(3)24-21(17)31-18)27-11-7-5-9-15(27)19-26-25-16-10-6-8-12-28(16)19/h15H,4-12H2,1-3H3. The molecule has 5 heterocycles. The Balaban J connectivity index is 1.63. The number of fused-ring (bicyclic) bond motifs is 2. The highest BCUT2D eigenvalue weighted by Gasteiger charge is 2.33. The highest BCUT2D eigenvalue weighted by atomic mass is 32.1. The molecule has 5 rings (SSSR count). The molecule has 2 aliphatic heterocycles. The number of anilines is 1. The predicted octanol–water partition coefficient (Wildman–Crippen LogP) is 4.14. The Labute approximate surface area is 185 Å². The monoisotopic (exact) mass is 440 g/mol. The van der Waals surface area contributed by atoms with Gasteiger partial charge in [-0.2, -0.15) is 0 Å². The average Bonchev–Trinajstić information content (AvgIpc) is 3.35. The second kappa shape index (κ2) is 8.18. The lowest BCUT2D eigenvalue weighted by Gasteiger charge is -2.37. The molecule has 0 spiro atoms. The lowest BCUT2D eigenvalue weighted by Crippen LogP contribution is -2.36. The summed E-state index contributed by atoms with van der Waals surface area (Å²) in [5.74, 6) is 3.49. The molecule has 1 fully saturated rings. The summed E-state index contributed by atoms with van der Waals surface area (Å²) in [6, 6.07) is 0.135. The van der Waals surface area contributed by atoms with Crippen LogP contribution in [0.5, 0.6) is 0 Å². The van der Waals surface area contributed by atoms with E-state index < -0.39 is 0 Å². The van der Waals surface area contributed by atoms with Crippen LogP contribution in [0.4, 0.5) is 5.82 Å². The lowest BCUT2D eigenvalue weighted by atomic mass is 10.00. The van der Waals surface area contributed by atoms with Gasteiger partial charge in [-0.25, -0.2) is 14.8 Å². The second-order valence-electron chi connectivity index (χ2n) is 8.34. The van der Waals surface area contributed by atoms with Crippen LogP contribution in [0.25, 0.3) is 10.2 Å². The summed E-state index contributed by atoms with van der Waals surface area (Å²) in [5, 5.41) is 10.1. The van der Waals surface area contributed by atoms with Crippen molar-refractivity contribution < 1.29 is 9.53 Å². The maximum absolute atomic E-state index is 12.5. The van der Waals surface area contributed by atoms with Crippen molar-refractivity contribution in [2.75, 3.05) is 18.1 Å². The number of ether oxygens (including phenoxy) is 1. The van der Waals surface area contributed by atoms with Gasteiger partial charge in [0.1, 0.15) is 27.2 Å². The minimum absolute atomic E-state index is 0.135. The lowest BCUT2D eigenvalue weighted by molar-refractivity contribution is 0.0531. The summed E-state index contributed by atoms with van der Waals surface area (Å²) >= 11 is 1.40. The van der Waals surface area contributed by atoms with E-state index in [9.17, 15) is 4.79 Å². The first-order valence-electron chi connectivity index (χ1n) is 11.2. The van der Waals surface area contributed by atoms with Crippen LogP contribution in [0.15, 0.2) is 0 Å². The summed E-state index contributed by atoms with van der Waals surface area (Å²) in [6.45, 7) is 7.97. The number of aryl methyl sites for hydroxylation is 3. The summed E-state index contributed by atoms with van der Waals surface area (Å²) in [7, 11) is 0. The van der Waals surface area contributed by atoms with Crippen molar-refractivity contribution in [2.45, 2.75) is 71.9 Å². The number of thiophene rings is 1. The van der Waals surface area contributed by atoms with E-state index >= 15 is 0 Å². The second-order valence-corrected chi connectivity index (χ2v) is 9.34. The third kappa shape index (κ3) is 3.48. The molecule has 1 saturated heterocycles. The topological polar surface area (TPSA) is 86.0 Å². The molecule has 164 valence electrons. The van der Waals surface area contributed by atoms with Crippen molar-refractivity contribution in [1.29, 1.82) is 0 Å². The van der Waals surface area contributed by atoms with E-state index in [4.69, 9.17) is 9.72 Å². The molecule has 3 aromatic rings. The van der Waals surface area contributed by atoms with Gasteiger partial charge in [-0.05, 0) is 58.4 Å². The smallest absolute Gasteiger partial charge is 0.348 e. The van der Waals surface area contributed by atoms with E-state index in [1.54, 1.807) is 0 Å². The van der Waals surface area contributed by atoms with Crippen LogP contribution in [0.1, 0.15) is 77.8 Å². The number of nitrogens with zero attached hydrogens (tertiary/aromatic N) is 6. The van der Waals surface area contributed by atoms with E-state index in [0.717, 1.165) is 72.0 Å². The van der Waals surface area contributed by atoms with Gasteiger partial charge in [0.25, 0.3) is 0 Å². The molecule has 0 saturated carbocycles. The first kappa shape index (κ1) is 20.4. The Kier molecular flexibility index (Phi) is 5.37. The van der Waals surface area contributed by atoms with E-state index in [1.165, 1.54) is 24.2 Å². The Bertz CT molecular complexity index is 1140. The van der Waals surface area contributed by atoms with Crippen molar-refractivity contribution >= 4 is 33.3 Å². The fraction of sp³-hybridized carbons (Fsp3) is 0.591. The number of carbonyl (C=O) groups excluding carboxylic acids is 1. The molecular weight excluding hydrogens is 412 g/mol. The first-order valence-corrected chi connectivity index (χ1v) is 12.0. The Morgan fingerprint density at radius 1 is 1.13 bits per heavy atom. The maximum atomic E-state index is 12.5. The minimum atomic E-state index is -0.284. The van der Waals surface area contributed by atoms with E-state index in [1.807, 2.05) is 20.8 Å². The molecule has 3 aromatic heterocycles. The van der Waals surface area contributed by atoms with Crippen LogP contribution in [0, 0.1) is 13.8 Å². The third-order valence-corrected chi connectivity index (χ3v) is 7.47. The van der Waals surface area contributed by atoms with Gasteiger partial charge in [0.15, 0.2) is 5.82 Å². The summed E-state index contributed by atoms with van der Waals surface area (Å²) < 4.78 is 7.61. The molecule has 9 heteroatoms. The van der Waals surface area contributed by atoms with Crippen LogP contribution in [0.3, 0.4) is 0 Å². The summed E-state index contributed by atoms with van der Waals surface area (Å²) in [6.07, 6.45) is 6.65. The van der Waals surface area contributed by atoms with Gasteiger partial charge in [0.2, 0.25) is 0 Å². The van der Waals surface area contributed by atoms with Gasteiger partial charge in [-0.1, -0.05) is 0 Å². The quantitative estimate of drug-likeness (QED) is 0.564. The molecule has 1 unspecified atom stereocenters. The normalized spacial score (nSPS) is 18.9. The number of aromatic nitrogens is 5. The molecule has 0 radical (unpaired) electrons. The van der Waals surface area contributed by atoms with Crippen molar-refractivity contribution in [1.82, 2.24) is 24.7 Å². The molecule has 0 aromatic carbocycles. The van der Waals surface area contributed by atoms with Gasteiger partial charge in [0, 0.05) is 19.5 Å². The summed E-state index contributed by atoms with van der Waals surface area (Å²) in [4.78, 5) is 25.9.